The average Bonchev–Trinajstić information content (AvgIpc) is 2.39. The van der Waals surface area contributed by atoms with Gasteiger partial charge in [-0.15, -0.1) is 0 Å². The van der Waals surface area contributed by atoms with Crippen molar-refractivity contribution in [3.05, 3.63) is 16.7 Å². The van der Waals surface area contributed by atoms with E-state index in [4.69, 9.17) is 19.5 Å². The molecule has 0 N–H and O–H groups in total. The molecule has 1 aromatic heterocycles. The van der Waals surface area contributed by atoms with Crippen LogP contribution in [0.4, 0.5) is 0 Å². The van der Waals surface area contributed by atoms with E-state index in [1.165, 1.54) is 21.1 Å². The SMILES string of the molecule is COc1nc(OC)c(CCOC(C)=O)c(C)c1C#N. The van der Waals surface area contributed by atoms with E-state index in [1.54, 1.807) is 6.92 Å². The Kier molecular flexibility index (Phi) is 5.12. The summed E-state index contributed by atoms with van der Waals surface area (Å²) in [5.74, 6) is 0.257. The molecule has 0 bridgehead atoms. The summed E-state index contributed by atoms with van der Waals surface area (Å²) in [5, 5.41) is 9.14. The summed E-state index contributed by atoms with van der Waals surface area (Å²) in [7, 11) is 2.93. The Balaban J connectivity index is 3.14. The fourth-order valence-corrected chi connectivity index (χ4v) is 1.73. The van der Waals surface area contributed by atoms with Gasteiger partial charge in [0.05, 0.1) is 20.8 Å². The predicted octanol–water partition coefficient (Wildman–Crippen LogP) is 1.38. The normalized spacial score (nSPS) is 9.63. The highest BCUT2D eigenvalue weighted by Crippen LogP contribution is 2.29. The first-order valence-corrected chi connectivity index (χ1v) is 5.70. The van der Waals surface area contributed by atoms with Crippen LogP contribution in [-0.2, 0) is 16.0 Å². The van der Waals surface area contributed by atoms with E-state index in [0.717, 1.165) is 11.1 Å². The number of hydrogen-bond donors (Lipinski definition) is 0. The van der Waals surface area contributed by atoms with E-state index < -0.39 is 0 Å². The summed E-state index contributed by atoms with van der Waals surface area (Å²) < 4.78 is 15.1. The molecule has 6 nitrogen and oxygen atoms in total. The van der Waals surface area contributed by atoms with Crippen molar-refractivity contribution in [3.63, 3.8) is 0 Å². The zero-order valence-corrected chi connectivity index (χ0v) is 11.4. The van der Waals surface area contributed by atoms with Gasteiger partial charge in [-0.1, -0.05) is 0 Å². The minimum absolute atomic E-state index is 0.214. The highest BCUT2D eigenvalue weighted by atomic mass is 16.5. The smallest absolute Gasteiger partial charge is 0.302 e. The van der Waals surface area contributed by atoms with Crippen LogP contribution >= 0.6 is 0 Å². The first-order valence-electron chi connectivity index (χ1n) is 5.70. The maximum absolute atomic E-state index is 10.8. The Morgan fingerprint density at radius 3 is 2.42 bits per heavy atom. The number of carbonyl (C=O) groups is 1. The molecule has 0 aliphatic heterocycles. The van der Waals surface area contributed by atoms with Gasteiger partial charge in [-0.05, 0) is 12.5 Å². The van der Waals surface area contributed by atoms with E-state index in [-0.39, 0.29) is 18.5 Å². The summed E-state index contributed by atoms with van der Waals surface area (Å²) in [5.41, 5.74) is 1.82. The lowest BCUT2D eigenvalue weighted by Crippen LogP contribution is -2.09. The molecule has 0 radical (unpaired) electrons. The van der Waals surface area contributed by atoms with Gasteiger partial charge < -0.3 is 14.2 Å². The number of nitrogens with zero attached hydrogens (tertiary/aromatic N) is 2. The summed E-state index contributed by atoms with van der Waals surface area (Å²) in [4.78, 5) is 14.9. The number of rotatable bonds is 5. The van der Waals surface area contributed by atoms with Gasteiger partial charge >= 0.3 is 5.97 Å². The van der Waals surface area contributed by atoms with Crippen LogP contribution in [0.5, 0.6) is 11.8 Å². The van der Waals surface area contributed by atoms with Crippen molar-refractivity contribution in [2.24, 2.45) is 0 Å². The Bertz CT molecular complexity index is 520. The van der Waals surface area contributed by atoms with Crippen molar-refractivity contribution in [2.45, 2.75) is 20.3 Å². The molecule has 0 fully saturated rings. The molecule has 102 valence electrons. The predicted molar refractivity (Wildman–Crippen MR) is 67.1 cm³/mol. The maximum atomic E-state index is 10.8. The van der Waals surface area contributed by atoms with Crippen LogP contribution in [0.1, 0.15) is 23.6 Å². The standard InChI is InChI=1S/C13H16N2O4/c1-8-10(5-6-19-9(2)16)12(17-3)15-13(18-4)11(8)7-14/h5-6H2,1-4H3. The van der Waals surface area contributed by atoms with Crippen LogP contribution in [-0.4, -0.2) is 31.8 Å². The van der Waals surface area contributed by atoms with Gasteiger partial charge in [0.1, 0.15) is 11.6 Å². The second kappa shape index (κ2) is 6.59. The third-order valence-electron chi connectivity index (χ3n) is 2.66. The third-order valence-corrected chi connectivity index (χ3v) is 2.66. The van der Waals surface area contributed by atoms with E-state index in [0.29, 0.717) is 17.9 Å². The molecule has 0 amide bonds. The quantitative estimate of drug-likeness (QED) is 0.747. The Hall–Kier alpha value is -2.29. The van der Waals surface area contributed by atoms with Crippen LogP contribution in [0.25, 0.3) is 0 Å². The van der Waals surface area contributed by atoms with Gasteiger partial charge in [0.15, 0.2) is 0 Å². The van der Waals surface area contributed by atoms with Crippen LogP contribution in [0.3, 0.4) is 0 Å². The fraction of sp³-hybridized carbons (Fsp3) is 0.462. The molecule has 0 aliphatic carbocycles. The van der Waals surface area contributed by atoms with Crippen molar-refractivity contribution in [1.82, 2.24) is 4.98 Å². The minimum Gasteiger partial charge on any atom is -0.481 e. The van der Waals surface area contributed by atoms with Crippen molar-refractivity contribution in [2.75, 3.05) is 20.8 Å². The molecule has 0 saturated heterocycles. The van der Waals surface area contributed by atoms with Crippen LogP contribution < -0.4 is 9.47 Å². The number of carbonyl (C=O) groups excluding carboxylic acids is 1. The van der Waals surface area contributed by atoms with Gasteiger partial charge in [-0.2, -0.15) is 10.2 Å². The van der Waals surface area contributed by atoms with Gasteiger partial charge in [-0.3, -0.25) is 4.79 Å². The fourth-order valence-electron chi connectivity index (χ4n) is 1.73. The number of esters is 1. The molecule has 0 unspecified atom stereocenters. The molecule has 0 aliphatic rings. The number of methoxy groups -OCH3 is 2. The second-order valence-corrected chi connectivity index (χ2v) is 3.81. The average molecular weight is 264 g/mol. The molecule has 19 heavy (non-hydrogen) atoms. The summed E-state index contributed by atoms with van der Waals surface area (Å²) in [6.07, 6.45) is 0.431. The largest absolute Gasteiger partial charge is 0.481 e. The lowest BCUT2D eigenvalue weighted by atomic mass is 10.0. The lowest BCUT2D eigenvalue weighted by molar-refractivity contribution is -0.140. The molecule has 6 heteroatoms. The van der Waals surface area contributed by atoms with Gasteiger partial charge in [0.25, 0.3) is 0 Å². The topological polar surface area (TPSA) is 81.4 Å². The third kappa shape index (κ3) is 3.35. The molecule has 0 spiro atoms. The molecular weight excluding hydrogens is 248 g/mol. The first kappa shape index (κ1) is 14.8. The van der Waals surface area contributed by atoms with Crippen molar-refractivity contribution in [3.8, 4) is 17.8 Å². The van der Waals surface area contributed by atoms with E-state index >= 15 is 0 Å². The maximum Gasteiger partial charge on any atom is 0.302 e. The molecule has 0 saturated carbocycles. The molecule has 1 aromatic rings. The zero-order valence-electron chi connectivity index (χ0n) is 11.4. The van der Waals surface area contributed by atoms with Crippen molar-refractivity contribution >= 4 is 5.97 Å². The van der Waals surface area contributed by atoms with E-state index in [9.17, 15) is 4.79 Å². The molecule has 0 aromatic carbocycles. The number of nitriles is 1. The second-order valence-electron chi connectivity index (χ2n) is 3.81. The summed E-state index contributed by atoms with van der Waals surface area (Å²) in [6, 6.07) is 2.05. The number of pyridine rings is 1. The Morgan fingerprint density at radius 2 is 1.95 bits per heavy atom. The number of hydrogen-bond acceptors (Lipinski definition) is 6. The summed E-state index contributed by atoms with van der Waals surface area (Å²) in [6.45, 7) is 3.34. The molecule has 1 heterocycles. The van der Waals surface area contributed by atoms with Crippen molar-refractivity contribution in [1.29, 1.82) is 5.26 Å². The zero-order chi connectivity index (χ0) is 14.4. The molecular formula is C13H16N2O4. The minimum atomic E-state index is -0.349. The highest BCUT2D eigenvalue weighted by molar-refractivity contribution is 5.65. The van der Waals surface area contributed by atoms with E-state index in [2.05, 4.69) is 11.1 Å². The van der Waals surface area contributed by atoms with E-state index in [1.807, 2.05) is 0 Å². The van der Waals surface area contributed by atoms with Crippen LogP contribution in [0, 0.1) is 18.3 Å². The summed E-state index contributed by atoms with van der Waals surface area (Å²) >= 11 is 0. The number of aromatic nitrogens is 1. The van der Waals surface area contributed by atoms with Gasteiger partial charge in [0, 0.05) is 18.9 Å². The van der Waals surface area contributed by atoms with Gasteiger partial charge in [-0.25, -0.2) is 0 Å². The van der Waals surface area contributed by atoms with Crippen LogP contribution in [0.15, 0.2) is 0 Å². The Morgan fingerprint density at radius 1 is 1.32 bits per heavy atom. The van der Waals surface area contributed by atoms with Crippen molar-refractivity contribution < 1.29 is 19.0 Å². The molecule has 1 rings (SSSR count). The number of ether oxygens (including phenoxy) is 3. The Labute approximate surface area is 111 Å². The van der Waals surface area contributed by atoms with Crippen LogP contribution in [0.2, 0.25) is 0 Å². The first-order chi connectivity index (χ1) is 9.04. The molecule has 0 atom stereocenters. The lowest BCUT2D eigenvalue weighted by Gasteiger charge is -2.14. The highest BCUT2D eigenvalue weighted by Gasteiger charge is 2.18. The van der Waals surface area contributed by atoms with Gasteiger partial charge in [0.2, 0.25) is 11.8 Å². The monoisotopic (exact) mass is 264 g/mol.